The van der Waals surface area contributed by atoms with Crippen molar-refractivity contribution in [3.63, 3.8) is 0 Å². The third-order valence-corrected chi connectivity index (χ3v) is 9.41. The van der Waals surface area contributed by atoms with Gasteiger partial charge in [0.15, 0.2) is 9.84 Å². The normalized spacial score (nSPS) is 24.3. The first-order chi connectivity index (χ1) is 16.4. The highest BCUT2D eigenvalue weighted by Crippen LogP contribution is 2.42. The number of amidine groups is 1. The first-order valence-electron chi connectivity index (χ1n) is 10.9. The molecule has 0 bridgehead atoms. The fraction of sp³-hybridized carbons (Fsp3) is 0.478. The Morgan fingerprint density at radius 3 is 2.54 bits per heavy atom. The number of methoxy groups -OCH3 is 2. The Balaban J connectivity index is 1.95. The molecule has 1 aliphatic heterocycles. The van der Waals surface area contributed by atoms with Gasteiger partial charge in [0.1, 0.15) is 27.6 Å². The second-order valence-corrected chi connectivity index (χ2v) is 11.3. The van der Waals surface area contributed by atoms with E-state index in [-0.39, 0.29) is 34.6 Å². The van der Waals surface area contributed by atoms with Crippen molar-refractivity contribution >= 4 is 27.3 Å². The van der Waals surface area contributed by atoms with E-state index >= 15 is 0 Å². The first-order valence-corrected chi connectivity index (χ1v) is 12.6. The van der Waals surface area contributed by atoms with Gasteiger partial charge in [-0.2, -0.15) is 0 Å². The quantitative estimate of drug-likeness (QED) is 0.553. The highest BCUT2D eigenvalue weighted by Gasteiger charge is 2.54. The fourth-order valence-electron chi connectivity index (χ4n) is 4.11. The molecule has 10 nitrogen and oxygen atoms in total. The van der Waals surface area contributed by atoms with Crippen LogP contribution in [0.4, 0.5) is 10.1 Å². The summed E-state index contributed by atoms with van der Waals surface area (Å²) in [6.45, 7) is 5.20. The van der Waals surface area contributed by atoms with E-state index in [1.54, 1.807) is 13.8 Å². The van der Waals surface area contributed by atoms with Gasteiger partial charge in [0.25, 0.3) is 5.91 Å². The number of aromatic nitrogens is 2. The number of nitrogens with two attached hydrogens (primary N) is 1. The van der Waals surface area contributed by atoms with Crippen molar-refractivity contribution in [1.29, 1.82) is 0 Å². The number of aliphatic imine (C=N–C) groups is 1. The van der Waals surface area contributed by atoms with Crippen LogP contribution in [-0.2, 0) is 20.1 Å². The second kappa shape index (κ2) is 9.86. The van der Waals surface area contributed by atoms with Crippen LogP contribution in [0.5, 0.6) is 5.88 Å². The number of ether oxygens (including phenoxy) is 2. The Morgan fingerprint density at radius 2 is 1.97 bits per heavy atom. The minimum atomic E-state index is -3.86. The second-order valence-electron chi connectivity index (χ2n) is 8.91. The van der Waals surface area contributed by atoms with E-state index in [1.807, 2.05) is 0 Å². The Hall–Kier alpha value is -3.12. The Bertz CT molecular complexity index is 1240. The predicted molar refractivity (Wildman–Crippen MR) is 130 cm³/mol. The summed E-state index contributed by atoms with van der Waals surface area (Å²) in [6.07, 6.45) is 2.99. The molecule has 0 saturated heterocycles. The van der Waals surface area contributed by atoms with E-state index in [0.29, 0.717) is 13.0 Å². The molecule has 190 valence electrons. The van der Waals surface area contributed by atoms with E-state index in [4.69, 9.17) is 15.2 Å². The zero-order valence-electron chi connectivity index (χ0n) is 20.3. The summed E-state index contributed by atoms with van der Waals surface area (Å²) in [7, 11) is -0.894. The molecule has 1 aliphatic rings. The SMILES string of the molecule is COCCC(C)[C@@]1(C)C(N)=N[C@](C)(c2cc(NC(=O)c3cnc(OC)cn3)ccc2F)CS1(=O)=O. The van der Waals surface area contributed by atoms with Crippen molar-refractivity contribution < 1.29 is 27.1 Å². The maximum Gasteiger partial charge on any atom is 0.275 e. The van der Waals surface area contributed by atoms with Crippen molar-refractivity contribution in [2.24, 2.45) is 16.6 Å². The van der Waals surface area contributed by atoms with Gasteiger partial charge >= 0.3 is 0 Å². The van der Waals surface area contributed by atoms with E-state index in [9.17, 15) is 17.6 Å². The minimum Gasteiger partial charge on any atom is -0.480 e. The van der Waals surface area contributed by atoms with Crippen LogP contribution >= 0.6 is 0 Å². The van der Waals surface area contributed by atoms with Gasteiger partial charge < -0.3 is 20.5 Å². The Labute approximate surface area is 204 Å². The number of nitrogens with one attached hydrogen (secondary N) is 1. The number of rotatable bonds is 8. The molecule has 2 aromatic rings. The molecule has 0 saturated carbocycles. The Morgan fingerprint density at radius 1 is 1.26 bits per heavy atom. The number of carbonyl (C=O) groups is 1. The van der Waals surface area contributed by atoms with Crippen molar-refractivity contribution in [1.82, 2.24) is 9.97 Å². The number of amides is 1. The molecule has 12 heteroatoms. The molecular weight excluding hydrogens is 477 g/mol. The van der Waals surface area contributed by atoms with Crippen molar-refractivity contribution in [3.8, 4) is 5.88 Å². The van der Waals surface area contributed by atoms with Gasteiger partial charge in [-0.05, 0) is 44.4 Å². The van der Waals surface area contributed by atoms with Crippen LogP contribution in [0.15, 0.2) is 35.6 Å². The summed E-state index contributed by atoms with van der Waals surface area (Å²) >= 11 is 0. The van der Waals surface area contributed by atoms with E-state index in [2.05, 4.69) is 20.3 Å². The van der Waals surface area contributed by atoms with Gasteiger partial charge in [-0.15, -0.1) is 0 Å². The minimum absolute atomic E-state index is 0.00534. The lowest BCUT2D eigenvalue weighted by Crippen LogP contribution is -2.60. The lowest BCUT2D eigenvalue weighted by molar-refractivity contribution is 0.102. The van der Waals surface area contributed by atoms with Gasteiger partial charge in [-0.1, -0.05) is 6.92 Å². The monoisotopic (exact) mass is 507 g/mol. The summed E-state index contributed by atoms with van der Waals surface area (Å²) < 4.78 is 50.6. The topological polar surface area (TPSA) is 146 Å². The van der Waals surface area contributed by atoms with Gasteiger partial charge in [0.05, 0.1) is 25.3 Å². The fourth-order valence-corrected chi connectivity index (χ4v) is 6.46. The van der Waals surface area contributed by atoms with Gasteiger partial charge in [-0.25, -0.2) is 22.8 Å². The molecule has 0 radical (unpaired) electrons. The number of halogens is 1. The smallest absolute Gasteiger partial charge is 0.275 e. The van der Waals surface area contributed by atoms with Gasteiger partial charge in [-0.3, -0.25) is 9.79 Å². The molecular formula is C23H30FN5O5S. The molecule has 35 heavy (non-hydrogen) atoms. The van der Waals surface area contributed by atoms with Crippen molar-refractivity contribution in [2.45, 2.75) is 37.5 Å². The third kappa shape index (κ3) is 4.98. The van der Waals surface area contributed by atoms with Crippen LogP contribution in [0, 0.1) is 11.7 Å². The molecule has 1 aromatic carbocycles. The molecule has 0 fully saturated rings. The first kappa shape index (κ1) is 26.5. The van der Waals surface area contributed by atoms with Crippen LogP contribution in [0.25, 0.3) is 0 Å². The van der Waals surface area contributed by atoms with Crippen LogP contribution in [0.2, 0.25) is 0 Å². The molecule has 1 unspecified atom stereocenters. The number of anilines is 1. The number of carbonyl (C=O) groups excluding carboxylic acids is 1. The summed E-state index contributed by atoms with van der Waals surface area (Å²) in [5.41, 5.74) is 5.01. The molecule has 1 amide bonds. The van der Waals surface area contributed by atoms with E-state index in [0.717, 1.165) is 6.07 Å². The summed E-state index contributed by atoms with van der Waals surface area (Å²) in [6, 6.07) is 3.86. The lowest BCUT2D eigenvalue weighted by Gasteiger charge is -2.42. The number of hydrogen-bond donors (Lipinski definition) is 2. The number of hydrogen-bond acceptors (Lipinski definition) is 9. The highest BCUT2D eigenvalue weighted by atomic mass is 32.2. The molecule has 3 rings (SSSR count). The summed E-state index contributed by atoms with van der Waals surface area (Å²) in [4.78, 5) is 25.0. The van der Waals surface area contributed by atoms with Crippen molar-refractivity contribution in [3.05, 3.63) is 47.7 Å². The van der Waals surface area contributed by atoms with Crippen LogP contribution < -0.4 is 15.8 Å². The van der Waals surface area contributed by atoms with Gasteiger partial charge in [0.2, 0.25) is 5.88 Å². The van der Waals surface area contributed by atoms with Crippen molar-refractivity contribution in [2.75, 3.05) is 31.9 Å². The largest absolute Gasteiger partial charge is 0.480 e. The Kier molecular flexibility index (Phi) is 7.46. The standard InChI is InChI=1S/C23H30FN5O5S/c1-14(8-9-33-4)23(3)21(25)29-22(2,13-35(23,31)32)16-10-15(6-7-17(16)24)28-20(30)18-11-27-19(34-5)12-26-18/h6-7,10-12,14H,8-9,13H2,1-5H3,(H2,25,29)(H,28,30)/t14?,22-,23-/m0/s1. The molecule has 0 spiro atoms. The third-order valence-electron chi connectivity index (χ3n) is 6.56. The molecule has 3 N–H and O–H groups in total. The number of sulfone groups is 1. The highest BCUT2D eigenvalue weighted by molar-refractivity contribution is 7.93. The number of benzene rings is 1. The lowest BCUT2D eigenvalue weighted by atomic mass is 9.88. The summed E-state index contributed by atoms with van der Waals surface area (Å²) in [5.74, 6) is -1.92. The number of nitrogens with zero attached hydrogens (tertiary/aromatic N) is 3. The molecule has 3 atom stereocenters. The van der Waals surface area contributed by atoms with Crippen LogP contribution in [0.1, 0.15) is 43.2 Å². The van der Waals surface area contributed by atoms with E-state index < -0.39 is 37.6 Å². The van der Waals surface area contributed by atoms with Gasteiger partial charge in [0, 0.05) is 25.0 Å². The van der Waals surface area contributed by atoms with E-state index in [1.165, 1.54) is 45.7 Å². The predicted octanol–water partition coefficient (Wildman–Crippen LogP) is 2.31. The molecule has 1 aromatic heterocycles. The summed E-state index contributed by atoms with van der Waals surface area (Å²) in [5, 5.41) is 2.62. The maximum absolute atomic E-state index is 15.0. The molecule has 0 aliphatic carbocycles. The zero-order chi connectivity index (χ0) is 26.0. The zero-order valence-corrected chi connectivity index (χ0v) is 21.1. The average Bonchev–Trinajstić information content (AvgIpc) is 2.81. The average molecular weight is 508 g/mol. The molecule has 2 heterocycles. The maximum atomic E-state index is 15.0. The van der Waals surface area contributed by atoms with Crippen LogP contribution in [0.3, 0.4) is 0 Å². The van der Waals surface area contributed by atoms with Crippen LogP contribution in [-0.4, -0.2) is 61.5 Å².